The second kappa shape index (κ2) is 8.04. The summed E-state index contributed by atoms with van der Waals surface area (Å²) < 4.78 is 12.3. The lowest BCUT2D eigenvalue weighted by Crippen LogP contribution is -2.14. The topological polar surface area (TPSA) is 88.0 Å². The van der Waals surface area contributed by atoms with Crippen molar-refractivity contribution in [1.29, 1.82) is 10.5 Å². The number of nitrogens with zero attached hydrogens (tertiary/aromatic N) is 3. The Bertz CT molecular complexity index is 942. The smallest absolute Gasteiger partial charge is 0.350 e. The zero-order chi connectivity index (χ0) is 19.3. The molecule has 2 rings (SSSR count). The average Bonchev–Trinajstić information content (AvgIpc) is 2.92. The van der Waals surface area contributed by atoms with Crippen molar-refractivity contribution in [3.05, 3.63) is 52.9 Å². The molecule has 1 atom stereocenters. The Morgan fingerprint density at radius 3 is 2.58 bits per heavy atom. The van der Waals surface area contributed by atoms with Gasteiger partial charge in [-0.15, -0.1) is 0 Å². The van der Waals surface area contributed by atoms with Crippen LogP contribution in [0.4, 0.5) is 0 Å². The molecule has 6 heteroatoms. The van der Waals surface area contributed by atoms with Gasteiger partial charge in [0.2, 0.25) is 0 Å². The molecule has 26 heavy (non-hydrogen) atoms. The van der Waals surface area contributed by atoms with Crippen LogP contribution >= 0.6 is 0 Å². The first-order valence-electron chi connectivity index (χ1n) is 7.97. The summed E-state index contributed by atoms with van der Waals surface area (Å²) in [5, 5.41) is 18.0. The highest BCUT2D eigenvalue weighted by molar-refractivity contribution is 5.98. The number of rotatable bonds is 5. The Kier molecular flexibility index (Phi) is 5.82. The van der Waals surface area contributed by atoms with Gasteiger partial charge in [0, 0.05) is 11.4 Å². The van der Waals surface area contributed by atoms with Gasteiger partial charge >= 0.3 is 5.97 Å². The van der Waals surface area contributed by atoms with Crippen LogP contribution in [-0.2, 0) is 9.53 Å². The number of methoxy groups -OCH3 is 1. The molecule has 0 radical (unpaired) electrons. The van der Waals surface area contributed by atoms with E-state index in [1.165, 1.54) is 13.0 Å². The molecule has 2 aromatic rings. The number of carbonyl (C=O) groups excluding carboxylic acids is 1. The largest absolute Gasteiger partial charge is 0.495 e. The molecule has 0 aliphatic heterocycles. The minimum absolute atomic E-state index is 0.160. The third-order valence-corrected chi connectivity index (χ3v) is 3.90. The molecule has 0 spiro atoms. The van der Waals surface area contributed by atoms with Gasteiger partial charge in [-0.1, -0.05) is 12.1 Å². The van der Waals surface area contributed by atoms with Gasteiger partial charge in [0.15, 0.2) is 6.10 Å². The summed E-state index contributed by atoms with van der Waals surface area (Å²) in [5.74, 6) is -0.101. The van der Waals surface area contributed by atoms with Crippen LogP contribution in [0.2, 0.25) is 0 Å². The Morgan fingerprint density at radius 2 is 1.96 bits per heavy atom. The zero-order valence-corrected chi connectivity index (χ0v) is 15.1. The first-order chi connectivity index (χ1) is 12.4. The van der Waals surface area contributed by atoms with Gasteiger partial charge in [-0.3, -0.25) is 0 Å². The lowest BCUT2D eigenvalue weighted by Gasteiger charge is -2.13. The zero-order valence-electron chi connectivity index (χ0n) is 15.1. The molecule has 0 aliphatic carbocycles. The number of ether oxygens (including phenoxy) is 2. The number of aryl methyl sites for hydroxylation is 1. The molecule has 6 nitrogen and oxygen atoms in total. The predicted molar refractivity (Wildman–Crippen MR) is 96.6 cm³/mol. The van der Waals surface area contributed by atoms with E-state index >= 15 is 0 Å². The van der Waals surface area contributed by atoms with Crippen molar-refractivity contribution >= 4 is 12.0 Å². The summed E-state index contributed by atoms with van der Waals surface area (Å²) in [4.78, 5) is 12.0. The number of aromatic nitrogens is 1. The van der Waals surface area contributed by atoms with Gasteiger partial charge in [0.25, 0.3) is 0 Å². The fourth-order valence-corrected chi connectivity index (χ4v) is 2.66. The minimum Gasteiger partial charge on any atom is -0.495 e. The van der Waals surface area contributed by atoms with Gasteiger partial charge in [-0.05, 0) is 50.6 Å². The van der Waals surface area contributed by atoms with E-state index in [1.54, 1.807) is 13.2 Å². The molecule has 0 saturated carbocycles. The molecule has 0 fully saturated rings. The van der Waals surface area contributed by atoms with Gasteiger partial charge in [-0.25, -0.2) is 4.79 Å². The number of hydrogen-bond donors (Lipinski definition) is 0. The fraction of sp³-hybridized carbons (Fsp3) is 0.250. The molecule has 0 saturated heterocycles. The first kappa shape index (κ1) is 18.8. The molecular formula is C20H19N3O3. The Labute approximate surface area is 152 Å². The summed E-state index contributed by atoms with van der Waals surface area (Å²) in [6.07, 6.45) is 0.556. The maximum absolute atomic E-state index is 12.0. The highest BCUT2D eigenvalue weighted by atomic mass is 16.5. The van der Waals surface area contributed by atoms with Crippen LogP contribution in [-0.4, -0.2) is 23.8 Å². The van der Waals surface area contributed by atoms with Crippen molar-refractivity contribution < 1.29 is 14.3 Å². The van der Waals surface area contributed by atoms with E-state index in [-0.39, 0.29) is 5.57 Å². The van der Waals surface area contributed by atoms with Crippen molar-refractivity contribution in [3.63, 3.8) is 0 Å². The maximum Gasteiger partial charge on any atom is 0.350 e. The normalized spacial score (nSPS) is 12.0. The summed E-state index contributed by atoms with van der Waals surface area (Å²) in [7, 11) is 1.61. The molecule has 0 N–H and O–H groups in total. The standard InChI is InChI=1S/C20H19N3O3/c1-13-9-16(10-17(12-22)20(24)26-14(2)11-21)15(3)23(13)18-7-5-6-8-19(18)25-4/h5-10,14H,1-4H3/b17-10+/t14-/m0/s1. The molecule has 0 aliphatic rings. The van der Waals surface area contributed by atoms with Crippen LogP contribution in [0.5, 0.6) is 5.75 Å². The SMILES string of the molecule is COc1ccccc1-n1c(C)cc(/C=C(\C#N)C(=O)O[C@@H](C)C#N)c1C. The van der Waals surface area contributed by atoms with Gasteiger partial charge in [0.1, 0.15) is 23.5 Å². The maximum atomic E-state index is 12.0. The van der Waals surface area contributed by atoms with E-state index in [4.69, 9.17) is 14.7 Å². The summed E-state index contributed by atoms with van der Waals surface area (Å²) in [6.45, 7) is 5.27. The van der Waals surface area contributed by atoms with E-state index in [2.05, 4.69) is 0 Å². The van der Waals surface area contributed by atoms with Gasteiger partial charge in [-0.2, -0.15) is 10.5 Å². The lowest BCUT2D eigenvalue weighted by atomic mass is 10.1. The van der Waals surface area contributed by atoms with Crippen molar-refractivity contribution in [3.8, 4) is 23.6 Å². The van der Waals surface area contributed by atoms with E-state index in [9.17, 15) is 10.1 Å². The van der Waals surface area contributed by atoms with Crippen molar-refractivity contribution in [2.24, 2.45) is 0 Å². The first-order valence-corrected chi connectivity index (χ1v) is 7.97. The molecular weight excluding hydrogens is 330 g/mol. The van der Waals surface area contributed by atoms with Crippen molar-refractivity contribution in [2.75, 3.05) is 7.11 Å². The number of hydrogen-bond acceptors (Lipinski definition) is 5. The number of esters is 1. The highest BCUT2D eigenvalue weighted by Crippen LogP contribution is 2.28. The lowest BCUT2D eigenvalue weighted by molar-refractivity contribution is -0.140. The quantitative estimate of drug-likeness (QED) is 0.468. The van der Waals surface area contributed by atoms with E-state index < -0.39 is 12.1 Å². The molecule has 0 amide bonds. The third kappa shape index (κ3) is 3.76. The fourth-order valence-electron chi connectivity index (χ4n) is 2.66. The van der Waals surface area contributed by atoms with Crippen LogP contribution in [0.15, 0.2) is 35.9 Å². The van der Waals surface area contributed by atoms with E-state index in [0.717, 1.165) is 17.1 Å². The molecule has 0 unspecified atom stereocenters. The predicted octanol–water partition coefficient (Wildman–Crippen LogP) is 3.47. The van der Waals surface area contributed by atoms with Crippen LogP contribution < -0.4 is 4.74 Å². The minimum atomic E-state index is -0.916. The summed E-state index contributed by atoms with van der Waals surface area (Å²) in [6, 6.07) is 13.1. The van der Waals surface area contributed by atoms with E-state index in [1.807, 2.05) is 54.8 Å². The van der Waals surface area contributed by atoms with E-state index in [0.29, 0.717) is 11.3 Å². The number of carbonyl (C=O) groups is 1. The highest BCUT2D eigenvalue weighted by Gasteiger charge is 2.17. The number of para-hydroxylation sites is 2. The second-order valence-electron chi connectivity index (χ2n) is 5.68. The number of nitriles is 2. The Balaban J connectivity index is 2.49. The van der Waals surface area contributed by atoms with Crippen molar-refractivity contribution in [2.45, 2.75) is 26.9 Å². The third-order valence-electron chi connectivity index (χ3n) is 3.90. The van der Waals surface area contributed by atoms with Crippen molar-refractivity contribution in [1.82, 2.24) is 4.57 Å². The average molecular weight is 349 g/mol. The molecule has 1 heterocycles. The second-order valence-corrected chi connectivity index (χ2v) is 5.68. The van der Waals surface area contributed by atoms with Gasteiger partial charge < -0.3 is 14.0 Å². The van der Waals surface area contributed by atoms with Crippen LogP contribution in [0.25, 0.3) is 11.8 Å². The van der Waals surface area contributed by atoms with Gasteiger partial charge in [0.05, 0.1) is 12.8 Å². The van der Waals surface area contributed by atoms with Crippen LogP contribution in [0.3, 0.4) is 0 Å². The molecule has 0 bridgehead atoms. The van der Waals surface area contributed by atoms with Crippen LogP contribution in [0.1, 0.15) is 23.9 Å². The Morgan fingerprint density at radius 1 is 1.27 bits per heavy atom. The summed E-state index contributed by atoms with van der Waals surface area (Å²) in [5.41, 5.74) is 3.19. The number of benzene rings is 1. The molecule has 132 valence electrons. The Hall–Kier alpha value is -3.51. The monoisotopic (exact) mass is 349 g/mol. The molecule has 1 aromatic heterocycles. The summed E-state index contributed by atoms with van der Waals surface area (Å²) >= 11 is 0. The molecule has 1 aromatic carbocycles. The van der Waals surface area contributed by atoms with Crippen LogP contribution in [0, 0.1) is 36.5 Å².